The minimum Gasteiger partial charge on any atom is -0.478 e. The van der Waals surface area contributed by atoms with Gasteiger partial charge in [-0.3, -0.25) is 0 Å². The summed E-state index contributed by atoms with van der Waals surface area (Å²) in [5.41, 5.74) is -0.227. The number of aromatic nitrogens is 1. The normalized spacial score (nSPS) is 12.0. The Morgan fingerprint density at radius 3 is 2.31 bits per heavy atom. The van der Waals surface area contributed by atoms with Crippen molar-refractivity contribution in [1.29, 1.82) is 0 Å². The molecule has 0 spiro atoms. The van der Waals surface area contributed by atoms with E-state index in [0.29, 0.717) is 12.0 Å². The van der Waals surface area contributed by atoms with Crippen molar-refractivity contribution in [3.63, 3.8) is 0 Å². The zero-order valence-corrected chi connectivity index (χ0v) is 17.9. The molecule has 0 atom stereocenters. The Morgan fingerprint density at radius 1 is 1.12 bits per heavy atom. The van der Waals surface area contributed by atoms with E-state index in [1.807, 2.05) is 0 Å². The number of hydrogen-bond donors (Lipinski definition) is 1. The van der Waals surface area contributed by atoms with Crippen molar-refractivity contribution in [1.82, 2.24) is 4.98 Å². The van der Waals surface area contributed by atoms with E-state index in [1.54, 1.807) is 13.8 Å². The lowest BCUT2D eigenvalue weighted by molar-refractivity contribution is -0.137. The smallest absolute Gasteiger partial charge is 0.416 e. The first-order valence-electron chi connectivity index (χ1n) is 9.51. The summed E-state index contributed by atoms with van der Waals surface area (Å²) in [6, 6.07) is 7.95. The van der Waals surface area contributed by atoms with Crippen LogP contribution in [0.5, 0.6) is 0 Å². The summed E-state index contributed by atoms with van der Waals surface area (Å²) in [5, 5.41) is 9.39. The molecule has 1 aromatic heterocycles. The SMILES string of the molecule is CCc1ccc(S(=O)(=O)N(CC)c2coc(-c3ccc(C(F)(F)F)cc3)n2)cc1C(=O)O. The van der Waals surface area contributed by atoms with E-state index in [4.69, 9.17) is 4.42 Å². The topological polar surface area (TPSA) is 101 Å². The van der Waals surface area contributed by atoms with Gasteiger partial charge in [-0.25, -0.2) is 17.5 Å². The molecule has 1 heterocycles. The number of nitrogens with zero attached hydrogens (tertiary/aromatic N) is 2. The molecule has 3 aromatic rings. The number of carboxylic acids is 1. The fourth-order valence-corrected chi connectivity index (χ4v) is 4.55. The summed E-state index contributed by atoms with van der Waals surface area (Å²) in [6.07, 6.45) is -3.00. The Kier molecular flexibility index (Phi) is 6.31. The highest BCUT2D eigenvalue weighted by Gasteiger charge is 2.31. The molecule has 32 heavy (non-hydrogen) atoms. The number of aromatic carboxylic acids is 1. The molecule has 0 aliphatic heterocycles. The number of aryl methyl sites for hydroxylation is 1. The van der Waals surface area contributed by atoms with Gasteiger partial charge in [0.25, 0.3) is 10.0 Å². The van der Waals surface area contributed by atoms with Gasteiger partial charge in [-0.15, -0.1) is 0 Å². The zero-order chi connectivity index (χ0) is 23.7. The number of halogens is 3. The molecular formula is C21H19F3N2O5S. The monoisotopic (exact) mass is 468 g/mol. The quantitative estimate of drug-likeness (QED) is 0.533. The van der Waals surface area contributed by atoms with Crippen LogP contribution < -0.4 is 4.31 Å². The molecular weight excluding hydrogens is 449 g/mol. The highest BCUT2D eigenvalue weighted by Crippen LogP contribution is 2.32. The van der Waals surface area contributed by atoms with Crippen LogP contribution >= 0.6 is 0 Å². The number of alkyl halides is 3. The van der Waals surface area contributed by atoms with Crippen LogP contribution in [-0.2, 0) is 22.6 Å². The second-order valence-electron chi connectivity index (χ2n) is 6.73. The molecule has 0 radical (unpaired) electrons. The van der Waals surface area contributed by atoms with Crippen molar-refractivity contribution in [2.45, 2.75) is 31.3 Å². The second-order valence-corrected chi connectivity index (χ2v) is 8.60. The molecule has 7 nitrogen and oxygen atoms in total. The number of carboxylic acid groups (broad SMARTS) is 1. The van der Waals surface area contributed by atoms with Gasteiger partial charge in [-0.1, -0.05) is 13.0 Å². The second kappa shape index (κ2) is 8.65. The predicted molar refractivity (Wildman–Crippen MR) is 110 cm³/mol. The van der Waals surface area contributed by atoms with Gasteiger partial charge in [-0.05, 0) is 55.3 Å². The van der Waals surface area contributed by atoms with E-state index in [1.165, 1.54) is 24.3 Å². The van der Waals surface area contributed by atoms with Crippen LogP contribution in [0.2, 0.25) is 0 Å². The van der Waals surface area contributed by atoms with Crippen LogP contribution in [0.25, 0.3) is 11.5 Å². The largest absolute Gasteiger partial charge is 0.478 e. The Balaban J connectivity index is 1.96. The first kappa shape index (κ1) is 23.3. The minimum absolute atomic E-state index is 0.0424. The predicted octanol–water partition coefficient (Wildman–Crippen LogP) is 4.84. The van der Waals surface area contributed by atoms with Crippen LogP contribution in [-0.4, -0.2) is 31.0 Å². The maximum Gasteiger partial charge on any atom is 0.416 e. The van der Waals surface area contributed by atoms with Crippen molar-refractivity contribution in [3.05, 3.63) is 65.4 Å². The maximum atomic E-state index is 13.2. The first-order valence-corrected chi connectivity index (χ1v) is 10.9. The van der Waals surface area contributed by atoms with Crippen LogP contribution in [0.15, 0.2) is 58.0 Å². The number of carbonyl (C=O) groups is 1. The molecule has 11 heteroatoms. The Hall–Kier alpha value is -3.34. The highest BCUT2D eigenvalue weighted by molar-refractivity contribution is 7.92. The number of benzene rings is 2. The van der Waals surface area contributed by atoms with Gasteiger partial charge >= 0.3 is 12.1 Å². The number of sulfonamides is 1. The van der Waals surface area contributed by atoms with Gasteiger partial charge in [0.2, 0.25) is 5.89 Å². The van der Waals surface area contributed by atoms with E-state index < -0.39 is 27.7 Å². The molecule has 0 amide bonds. The number of hydrogen-bond acceptors (Lipinski definition) is 5. The van der Waals surface area contributed by atoms with Gasteiger partial charge in [0, 0.05) is 12.1 Å². The molecule has 2 aromatic carbocycles. The zero-order valence-electron chi connectivity index (χ0n) is 17.0. The highest BCUT2D eigenvalue weighted by atomic mass is 32.2. The molecule has 0 fully saturated rings. The van der Waals surface area contributed by atoms with E-state index in [-0.39, 0.29) is 34.3 Å². The number of oxazole rings is 1. The number of rotatable bonds is 7. The van der Waals surface area contributed by atoms with Crippen molar-refractivity contribution >= 4 is 21.8 Å². The molecule has 0 aliphatic carbocycles. The fraction of sp³-hybridized carbons (Fsp3) is 0.238. The number of anilines is 1. The van der Waals surface area contributed by atoms with E-state index >= 15 is 0 Å². The summed E-state index contributed by atoms with van der Waals surface area (Å²) in [6.45, 7) is 3.27. The lowest BCUT2D eigenvalue weighted by atomic mass is 10.1. The lowest BCUT2D eigenvalue weighted by Crippen LogP contribution is -2.31. The standard InChI is InChI=1S/C21H19F3N2O5S/c1-3-13-7-10-16(11-17(13)20(27)28)32(29,30)26(4-2)18-12-31-19(25-18)14-5-8-15(9-6-14)21(22,23)24/h5-12H,3-4H2,1-2H3,(H,27,28). The summed E-state index contributed by atoms with van der Waals surface area (Å²) in [7, 11) is -4.18. The van der Waals surface area contributed by atoms with Gasteiger partial charge < -0.3 is 9.52 Å². The van der Waals surface area contributed by atoms with Crippen molar-refractivity contribution in [3.8, 4) is 11.5 Å². The van der Waals surface area contributed by atoms with E-state index in [9.17, 15) is 31.5 Å². The van der Waals surface area contributed by atoms with Crippen LogP contribution in [0.1, 0.15) is 35.3 Å². The molecule has 0 aliphatic rings. The summed E-state index contributed by atoms with van der Waals surface area (Å²) in [4.78, 5) is 15.4. The third-order valence-corrected chi connectivity index (χ3v) is 6.65. The van der Waals surface area contributed by atoms with Crippen LogP contribution in [0, 0.1) is 0 Å². The van der Waals surface area contributed by atoms with Gasteiger partial charge in [0.15, 0.2) is 5.82 Å². The lowest BCUT2D eigenvalue weighted by Gasteiger charge is -2.20. The summed E-state index contributed by atoms with van der Waals surface area (Å²) >= 11 is 0. The minimum atomic E-state index is -4.49. The van der Waals surface area contributed by atoms with Gasteiger partial charge in [0.05, 0.1) is 16.0 Å². The average Bonchev–Trinajstić information content (AvgIpc) is 3.22. The van der Waals surface area contributed by atoms with Gasteiger partial charge in [0.1, 0.15) is 6.26 Å². The van der Waals surface area contributed by atoms with Gasteiger partial charge in [-0.2, -0.15) is 18.2 Å². The van der Waals surface area contributed by atoms with Crippen molar-refractivity contribution in [2.75, 3.05) is 10.8 Å². The Bertz CT molecular complexity index is 1240. The summed E-state index contributed by atoms with van der Waals surface area (Å²) < 4.78 is 70.8. The Morgan fingerprint density at radius 2 is 1.78 bits per heavy atom. The Labute approximate surface area is 182 Å². The molecule has 1 N–H and O–H groups in total. The molecule has 0 bridgehead atoms. The van der Waals surface area contributed by atoms with Crippen molar-refractivity contribution in [2.24, 2.45) is 0 Å². The fourth-order valence-electron chi connectivity index (χ4n) is 3.12. The maximum absolute atomic E-state index is 13.2. The van der Waals surface area contributed by atoms with Crippen molar-refractivity contribution < 1.29 is 35.9 Å². The van der Waals surface area contributed by atoms with Crippen LogP contribution in [0.4, 0.5) is 19.0 Å². The molecule has 0 saturated carbocycles. The van der Waals surface area contributed by atoms with Crippen LogP contribution in [0.3, 0.4) is 0 Å². The first-order chi connectivity index (χ1) is 15.0. The third-order valence-electron chi connectivity index (χ3n) is 4.77. The van der Waals surface area contributed by atoms with E-state index in [2.05, 4.69) is 4.98 Å². The van der Waals surface area contributed by atoms with E-state index in [0.717, 1.165) is 28.8 Å². The molecule has 170 valence electrons. The molecule has 0 unspecified atom stereocenters. The summed E-state index contributed by atoms with van der Waals surface area (Å²) in [5.74, 6) is -1.39. The average molecular weight is 468 g/mol. The molecule has 0 saturated heterocycles. The third kappa shape index (κ3) is 4.47. The molecule has 3 rings (SSSR count).